The van der Waals surface area contributed by atoms with Crippen LogP contribution in [0.25, 0.3) is 10.9 Å². The lowest BCUT2D eigenvalue weighted by molar-refractivity contribution is -0.115. The minimum Gasteiger partial charge on any atom is -0.396 e. The van der Waals surface area contributed by atoms with Gasteiger partial charge in [-0.2, -0.15) is 0 Å². The highest BCUT2D eigenvalue weighted by atomic mass is 28.4. The summed E-state index contributed by atoms with van der Waals surface area (Å²) in [4.78, 5) is 15.9. The molecule has 4 aromatic rings. The molecule has 4 atom stereocenters. The van der Waals surface area contributed by atoms with E-state index in [4.69, 9.17) is 9.84 Å². The van der Waals surface area contributed by atoms with Gasteiger partial charge in [0.15, 0.2) is 0 Å². The highest BCUT2D eigenvalue weighted by Crippen LogP contribution is 2.47. The van der Waals surface area contributed by atoms with Crippen molar-refractivity contribution in [3.8, 4) is 0 Å². The highest BCUT2D eigenvalue weighted by Gasteiger charge is 2.50. The third kappa shape index (κ3) is 7.12. The maximum atomic E-state index is 15.5. The number of ether oxygens (including phenoxy) is 1. The van der Waals surface area contributed by atoms with Crippen LogP contribution in [-0.2, 0) is 35.3 Å². The Balaban J connectivity index is 1.14. The van der Waals surface area contributed by atoms with Crippen LogP contribution in [0.5, 0.6) is 0 Å². The third-order valence-electron chi connectivity index (χ3n) is 8.27. The van der Waals surface area contributed by atoms with Crippen LogP contribution in [0.1, 0.15) is 36.6 Å². The minimum absolute atomic E-state index is 0.0104. The van der Waals surface area contributed by atoms with Gasteiger partial charge in [-0.15, -0.1) is 5.10 Å². The van der Waals surface area contributed by atoms with Gasteiger partial charge in [-0.05, 0) is 67.6 Å². The van der Waals surface area contributed by atoms with Crippen molar-refractivity contribution in [1.29, 1.82) is 0 Å². The predicted octanol–water partition coefficient (Wildman–Crippen LogP) is 5.45. The molecule has 8 nitrogen and oxygen atoms in total. The van der Waals surface area contributed by atoms with Gasteiger partial charge in [0.2, 0.25) is 14.3 Å². The second-order valence-corrected chi connectivity index (χ2v) is 15.5. The predicted molar refractivity (Wildman–Crippen MR) is 161 cm³/mol. The van der Waals surface area contributed by atoms with E-state index in [1.54, 1.807) is 17.8 Å². The monoisotopic (exact) mass is 577 g/mol. The molecule has 3 N–H and O–H groups in total. The van der Waals surface area contributed by atoms with Gasteiger partial charge in [-0.3, -0.25) is 9.48 Å². The van der Waals surface area contributed by atoms with Gasteiger partial charge >= 0.3 is 0 Å². The van der Waals surface area contributed by atoms with E-state index >= 15 is 4.11 Å². The van der Waals surface area contributed by atoms with Crippen molar-refractivity contribution in [2.45, 2.75) is 76.4 Å². The summed E-state index contributed by atoms with van der Waals surface area (Å²) >= 11 is 0. The first-order chi connectivity index (χ1) is 19.7. The summed E-state index contributed by atoms with van der Waals surface area (Å²) in [6.07, 6.45) is 6.67. The van der Waals surface area contributed by atoms with Gasteiger partial charge in [-0.25, -0.2) is 0 Å². The number of hydrogen-bond donors (Lipinski definition) is 3. The number of anilines is 1. The molecule has 2 aromatic carbocycles. The van der Waals surface area contributed by atoms with E-state index in [9.17, 15) is 4.79 Å². The maximum Gasteiger partial charge on any atom is 0.246 e. The molecule has 1 aliphatic rings. The van der Waals surface area contributed by atoms with E-state index in [2.05, 4.69) is 27.5 Å². The number of para-hydroxylation sites is 1. The average molecular weight is 578 g/mol. The quantitative estimate of drug-likeness (QED) is 0.154. The Labute approximate surface area is 241 Å². The first-order valence-corrected chi connectivity index (χ1v) is 17.4. The fraction of sp³-hybridized carbons (Fsp3) is 0.452. The molecular weight excluding hydrogens is 537 g/mol. The Hall–Kier alpha value is -3.34. The lowest BCUT2D eigenvalue weighted by atomic mass is 9.95. The SMILES string of the molecule is C[C@H]1[C@H]([Si](C)(C)F)[C@@H](CCn2cc(CCO)nn2)O[C@H]1CCc1ccc(NC(=O)Cc2c[nH]c3ccccc23)cc1. The lowest BCUT2D eigenvalue weighted by Crippen LogP contribution is -2.36. The molecule has 3 heterocycles. The standard InChI is InChI=1S/C31H40FN5O3Si/c1-21-28(40-29(31(21)41(2,3)32)14-16-37-20-25(15-17-38)35-36-37)13-10-22-8-11-24(12-9-22)34-30(39)18-23-19-33-27-7-5-4-6-26(23)27/h4-9,11-12,19-21,28-29,31,33,38H,10,13-18H2,1-3H3,(H,34,39)/t21-,28+,29-,31+/m1/s1. The summed E-state index contributed by atoms with van der Waals surface area (Å²) in [5.74, 6) is 0.0803. The Kier molecular flexibility index (Phi) is 9.01. The molecule has 0 aliphatic carbocycles. The Morgan fingerprint density at radius 1 is 1.12 bits per heavy atom. The molecule has 0 bridgehead atoms. The summed E-state index contributed by atoms with van der Waals surface area (Å²) in [6.45, 7) is 6.35. The highest BCUT2D eigenvalue weighted by molar-refractivity contribution is 6.72. The van der Waals surface area contributed by atoms with E-state index in [1.807, 2.05) is 60.9 Å². The first-order valence-electron chi connectivity index (χ1n) is 14.5. The van der Waals surface area contributed by atoms with Crippen molar-refractivity contribution in [2.75, 3.05) is 11.9 Å². The van der Waals surface area contributed by atoms with Crippen LogP contribution < -0.4 is 5.32 Å². The molecule has 1 amide bonds. The Morgan fingerprint density at radius 2 is 1.90 bits per heavy atom. The van der Waals surface area contributed by atoms with Gasteiger partial charge in [0, 0.05) is 54.1 Å². The number of fused-ring (bicyclic) bond motifs is 1. The van der Waals surface area contributed by atoms with E-state index in [-0.39, 0.29) is 36.2 Å². The van der Waals surface area contributed by atoms with Gasteiger partial charge in [0.1, 0.15) is 0 Å². The number of nitrogens with one attached hydrogen (secondary N) is 2. The molecule has 0 saturated carbocycles. The van der Waals surface area contributed by atoms with Crippen LogP contribution in [-0.4, -0.2) is 58.2 Å². The lowest BCUT2D eigenvalue weighted by Gasteiger charge is -2.28. The summed E-state index contributed by atoms with van der Waals surface area (Å²) in [5, 5.41) is 21.4. The Morgan fingerprint density at radius 3 is 2.66 bits per heavy atom. The van der Waals surface area contributed by atoms with Crippen LogP contribution in [0.4, 0.5) is 9.80 Å². The van der Waals surface area contributed by atoms with Crippen molar-refractivity contribution in [2.24, 2.45) is 5.92 Å². The van der Waals surface area contributed by atoms with E-state index in [1.165, 1.54) is 0 Å². The second-order valence-electron chi connectivity index (χ2n) is 11.7. The zero-order valence-electron chi connectivity index (χ0n) is 24.0. The first kappa shape index (κ1) is 29.2. The van der Waals surface area contributed by atoms with E-state index in [0.717, 1.165) is 46.3 Å². The smallest absolute Gasteiger partial charge is 0.246 e. The number of carbonyl (C=O) groups is 1. The molecule has 218 valence electrons. The molecule has 0 unspecified atom stereocenters. The molecule has 2 aromatic heterocycles. The average Bonchev–Trinajstić information content (AvgIpc) is 3.64. The van der Waals surface area contributed by atoms with Crippen LogP contribution in [0.3, 0.4) is 0 Å². The topological polar surface area (TPSA) is 105 Å². The summed E-state index contributed by atoms with van der Waals surface area (Å²) in [7, 11) is -2.95. The van der Waals surface area contributed by atoms with Crippen molar-refractivity contribution < 1.29 is 18.7 Å². The van der Waals surface area contributed by atoms with E-state index in [0.29, 0.717) is 25.8 Å². The number of aromatic nitrogens is 4. The molecule has 10 heteroatoms. The van der Waals surface area contributed by atoms with Crippen molar-refractivity contribution >= 4 is 30.9 Å². The second kappa shape index (κ2) is 12.7. The number of aromatic amines is 1. The van der Waals surface area contributed by atoms with Crippen LogP contribution in [0.2, 0.25) is 18.6 Å². The number of aliphatic hydroxyl groups is 1. The largest absolute Gasteiger partial charge is 0.396 e. The van der Waals surface area contributed by atoms with Gasteiger partial charge in [0.25, 0.3) is 0 Å². The normalized spacial score (nSPS) is 21.0. The molecule has 5 rings (SSSR count). The number of amides is 1. The molecule has 41 heavy (non-hydrogen) atoms. The van der Waals surface area contributed by atoms with Crippen LogP contribution >= 0.6 is 0 Å². The number of aryl methyl sites for hydroxylation is 2. The van der Waals surface area contributed by atoms with Crippen molar-refractivity contribution in [1.82, 2.24) is 20.0 Å². The molecule has 1 saturated heterocycles. The number of hydrogen-bond acceptors (Lipinski definition) is 5. The molecule has 0 radical (unpaired) electrons. The maximum absolute atomic E-state index is 15.5. The summed E-state index contributed by atoms with van der Waals surface area (Å²) in [6, 6.07) is 15.9. The van der Waals surface area contributed by atoms with Gasteiger partial charge < -0.3 is 24.3 Å². The molecular formula is C31H40FN5O3Si. The summed E-state index contributed by atoms with van der Waals surface area (Å²) in [5.41, 5.74) is 4.60. The van der Waals surface area contributed by atoms with Gasteiger partial charge in [0.05, 0.1) is 24.3 Å². The van der Waals surface area contributed by atoms with Crippen molar-refractivity contribution in [3.05, 3.63) is 77.7 Å². The molecule has 0 spiro atoms. The number of benzene rings is 2. The fourth-order valence-electron chi connectivity index (χ4n) is 6.30. The number of rotatable bonds is 12. The zero-order valence-corrected chi connectivity index (χ0v) is 25.0. The van der Waals surface area contributed by atoms with Crippen molar-refractivity contribution in [3.63, 3.8) is 0 Å². The zero-order chi connectivity index (χ0) is 29.0. The molecule has 1 fully saturated rings. The van der Waals surface area contributed by atoms with Crippen LogP contribution in [0, 0.1) is 5.92 Å². The minimum atomic E-state index is -2.95. The number of carbonyl (C=O) groups excluding carboxylic acids is 1. The number of nitrogens with zero attached hydrogens (tertiary/aromatic N) is 3. The summed E-state index contributed by atoms with van der Waals surface area (Å²) < 4.78 is 23.7. The van der Waals surface area contributed by atoms with E-state index < -0.39 is 8.41 Å². The fourth-order valence-corrected chi connectivity index (χ4v) is 8.90. The van der Waals surface area contributed by atoms with Crippen LogP contribution in [0.15, 0.2) is 60.9 Å². The third-order valence-corrected chi connectivity index (χ3v) is 10.8. The number of halogens is 1. The number of aliphatic hydroxyl groups excluding tert-OH is 1. The van der Waals surface area contributed by atoms with Gasteiger partial charge in [-0.1, -0.05) is 42.5 Å². The Bertz CT molecular complexity index is 1450. The number of H-pyrrole nitrogens is 1. The molecule has 1 aliphatic heterocycles.